The summed E-state index contributed by atoms with van der Waals surface area (Å²) in [7, 11) is 0. The maximum Gasteiger partial charge on any atom is 0.311 e. The number of aromatic nitrogens is 2. The maximum atomic E-state index is 14.8. The van der Waals surface area contributed by atoms with Gasteiger partial charge in [-0.25, -0.2) is 9.37 Å². The third kappa shape index (κ3) is 4.12. The van der Waals surface area contributed by atoms with Crippen molar-refractivity contribution in [2.45, 2.75) is 20.3 Å². The van der Waals surface area contributed by atoms with E-state index in [1.807, 2.05) is 0 Å². The molecule has 3 aromatic heterocycles. The first kappa shape index (κ1) is 22.3. The van der Waals surface area contributed by atoms with Crippen LogP contribution in [0.5, 0.6) is 11.6 Å². The molecular formula is C23H19FN2O6S. The molecule has 0 spiro atoms. The number of hydrogen-bond donors (Lipinski definition) is 2. The summed E-state index contributed by atoms with van der Waals surface area (Å²) >= 11 is 1.04. The fourth-order valence-electron chi connectivity index (χ4n) is 3.38. The van der Waals surface area contributed by atoms with Crippen LogP contribution in [0.4, 0.5) is 4.39 Å². The van der Waals surface area contributed by atoms with Crippen molar-refractivity contribution in [3.05, 3.63) is 70.4 Å². The first-order valence-corrected chi connectivity index (χ1v) is 10.8. The summed E-state index contributed by atoms with van der Waals surface area (Å²) < 4.78 is 26.2. The minimum absolute atomic E-state index is 0.0399. The Morgan fingerprint density at radius 2 is 1.97 bits per heavy atom. The van der Waals surface area contributed by atoms with Gasteiger partial charge in [-0.2, -0.15) is 0 Å². The van der Waals surface area contributed by atoms with E-state index in [4.69, 9.17) is 9.15 Å². The minimum Gasteiger partial charge on any atom is -0.503 e. The van der Waals surface area contributed by atoms with Gasteiger partial charge in [0.2, 0.25) is 11.7 Å². The van der Waals surface area contributed by atoms with Crippen LogP contribution >= 0.6 is 11.3 Å². The number of thiazole rings is 1. The highest BCUT2D eigenvalue weighted by Gasteiger charge is 2.33. The van der Waals surface area contributed by atoms with Crippen LogP contribution in [0.3, 0.4) is 0 Å². The molecule has 2 N–H and O–H groups in total. The van der Waals surface area contributed by atoms with Gasteiger partial charge in [-0.05, 0) is 38.1 Å². The van der Waals surface area contributed by atoms with Crippen molar-refractivity contribution in [2.24, 2.45) is 0 Å². The summed E-state index contributed by atoms with van der Waals surface area (Å²) in [5.41, 5.74) is -0.120. The topological polar surface area (TPSA) is 115 Å². The van der Waals surface area contributed by atoms with Gasteiger partial charge in [-0.15, -0.1) is 11.3 Å². The number of rotatable bonds is 7. The highest BCUT2D eigenvalue weighted by Crippen LogP contribution is 2.45. The second-order valence-corrected chi connectivity index (χ2v) is 7.89. The maximum absolute atomic E-state index is 14.8. The van der Waals surface area contributed by atoms with Gasteiger partial charge in [-0.1, -0.05) is 12.1 Å². The predicted octanol–water partition coefficient (Wildman–Crippen LogP) is 4.39. The Balaban J connectivity index is 1.91. The SMILES string of the molecule is CCOC(=O)Cc1csc(-n2c(O)c(O)c(C(=O)c3ccc(C)o3)c2-c2ccccc2F)n1. The van der Waals surface area contributed by atoms with E-state index in [1.165, 1.54) is 24.3 Å². The number of esters is 1. The smallest absolute Gasteiger partial charge is 0.311 e. The van der Waals surface area contributed by atoms with Crippen LogP contribution in [-0.4, -0.2) is 38.1 Å². The Hall–Kier alpha value is -3.92. The lowest BCUT2D eigenvalue weighted by molar-refractivity contribution is -0.142. The number of halogens is 1. The van der Waals surface area contributed by atoms with E-state index < -0.39 is 29.2 Å². The number of hydrogen-bond acceptors (Lipinski definition) is 8. The molecule has 4 rings (SSSR count). The van der Waals surface area contributed by atoms with Crippen molar-refractivity contribution in [2.75, 3.05) is 6.61 Å². The number of aryl methyl sites for hydroxylation is 1. The van der Waals surface area contributed by atoms with Crippen LogP contribution in [0, 0.1) is 12.7 Å². The second-order valence-electron chi connectivity index (χ2n) is 7.05. The van der Waals surface area contributed by atoms with Crippen LogP contribution in [0.2, 0.25) is 0 Å². The number of carbonyl (C=O) groups excluding carboxylic acids is 2. The first-order valence-electron chi connectivity index (χ1n) is 9.94. The second kappa shape index (κ2) is 8.91. The van der Waals surface area contributed by atoms with Crippen molar-refractivity contribution in [3.63, 3.8) is 0 Å². The van der Waals surface area contributed by atoms with E-state index in [1.54, 1.807) is 31.4 Å². The third-order valence-corrected chi connectivity index (χ3v) is 5.68. The Bertz CT molecular complexity index is 1350. The number of benzene rings is 1. The van der Waals surface area contributed by atoms with E-state index in [2.05, 4.69) is 4.98 Å². The van der Waals surface area contributed by atoms with Crippen molar-refractivity contribution in [3.8, 4) is 28.0 Å². The molecule has 0 radical (unpaired) electrons. The first-order chi connectivity index (χ1) is 15.8. The van der Waals surface area contributed by atoms with Gasteiger partial charge in [0.05, 0.1) is 30.0 Å². The molecule has 0 unspecified atom stereocenters. The fourth-order valence-corrected chi connectivity index (χ4v) is 4.21. The zero-order valence-electron chi connectivity index (χ0n) is 17.7. The molecule has 0 saturated heterocycles. The summed E-state index contributed by atoms with van der Waals surface area (Å²) in [6.07, 6.45) is -0.106. The summed E-state index contributed by atoms with van der Waals surface area (Å²) in [5, 5.41) is 23.2. The molecule has 0 aliphatic carbocycles. The molecule has 10 heteroatoms. The molecule has 0 amide bonds. The van der Waals surface area contributed by atoms with Crippen molar-refractivity contribution in [1.29, 1.82) is 0 Å². The Labute approximate surface area is 191 Å². The molecule has 8 nitrogen and oxygen atoms in total. The summed E-state index contributed by atoms with van der Waals surface area (Å²) in [4.78, 5) is 29.4. The van der Waals surface area contributed by atoms with Crippen LogP contribution < -0.4 is 0 Å². The Morgan fingerprint density at radius 3 is 2.64 bits per heavy atom. The summed E-state index contributed by atoms with van der Waals surface area (Å²) in [6.45, 7) is 3.56. The highest BCUT2D eigenvalue weighted by atomic mass is 32.1. The average molecular weight is 470 g/mol. The standard InChI is InChI=1S/C23H19FN2O6S/c1-3-31-17(27)10-13-11-33-23(25-13)26-19(14-6-4-5-7-15(14)24)18(21(29)22(26)30)20(28)16-9-8-12(2)32-16/h4-9,11,29-30H,3,10H2,1-2H3. The molecule has 0 bridgehead atoms. The zero-order valence-corrected chi connectivity index (χ0v) is 18.5. The number of ether oxygens (including phenoxy) is 1. The predicted molar refractivity (Wildman–Crippen MR) is 117 cm³/mol. The van der Waals surface area contributed by atoms with Crippen LogP contribution in [-0.2, 0) is 16.0 Å². The number of nitrogens with zero attached hydrogens (tertiary/aromatic N) is 2. The number of carbonyl (C=O) groups is 2. The molecule has 0 aliphatic rings. The van der Waals surface area contributed by atoms with E-state index in [9.17, 15) is 24.2 Å². The Morgan fingerprint density at radius 1 is 1.21 bits per heavy atom. The molecule has 0 saturated carbocycles. The molecule has 3 heterocycles. The zero-order chi connectivity index (χ0) is 23.7. The van der Waals surface area contributed by atoms with Crippen molar-refractivity contribution in [1.82, 2.24) is 9.55 Å². The lowest BCUT2D eigenvalue weighted by atomic mass is 10.0. The van der Waals surface area contributed by atoms with Gasteiger partial charge in [0.15, 0.2) is 16.6 Å². The van der Waals surface area contributed by atoms with E-state index in [-0.39, 0.29) is 40.7 Å². The van der Waals surface area contributed by atoms with E-state index >= 15 is 0 Å². The number of ketones is 1. The van der Waals surface area contributed by atoms with Gasteiger partial charge in [0.1, 0.15) is 11.6 Å². The summed E-state index contributed by atoms with van der Waals surface area (Å²) in [6, 6.07) is 8.65. The van der Waals surface area contributed by atoms with Gasteiger partial charge >= 0.3 is 5.97 Å². The van der Waals surface area contributed by atoms with Crippen molar-refractivity contribution >= 4 is 23.1 Å². The van der Waals surface area contributed by atoms with Gasteiger partial charge < -0.3 is 19.4 Å². The normalized spacial score (nSPS) is 11.0. The summed E-state index contributed by atoms with van der Waals surface area (Å²) in [5.74, 6) is -2.95. The molecule has 4 aromatic rings. The quantitative estimate of drug-likeness (QED) is 0.304. The molecular weight excluding hydrogens is 451 g/mol. The molecule has 1 aromatic carbocycles. The van der Waals surface area contributed by atoms with Crippen molar-refractivity contribution < 1.29 is 33.3 Å². The average Bonchev–Trinajstić information content (AvgIpc) is 3.47. The molecule has 0 aliphatic heterocycles. The third-order valence-electron chi connectivity index (χ3n) is 4.80. The minimum atomic E-state index is -0.741. The van der Waals surface area contributed by atoms with E-state index in [0.717, 1.165) is 15.9 Å². The molecule has 0 fully saturated rings. The molecule has 0 atom stereocenters. The van der Waals surface area contributed by atoms with Crippen LogP contribution in [0.1, 0.15) is 34.5 Å². The monoisotopic (exact) mass is 470 g/mol. The van der Waals surface area contributed by atoms with E-state index in [0.29, 0.717) is 11.5 Å². The lowest BCUT2D eigenvalue weighted by Gasteiger charge is -2.10. The lowest BCUT2D eigenvalue weighted by Crippen LogP contribution is -2.08. The largest absolute Gasteiger partial charge is 0.503 e. The number of furan rings is 1. The van der Waals surface area contributed by atoms with Crippen LogP contribution in [0.25, 0.3) is 16.4 Å². The van der Waals surface area contributed by atoms with Crippen LogP contribution in [0.15, 0.2) is 46.2 Å². The number of aromatic hydroxyl groups is 2. The Kier molecular flexibility index (Phi) is 6.01. The van der Waals surface area contributed by atoms with Gasteiger partial charge in [0, 0.05) is 10.9 Å². The molecule has 170 valence electrons. The molecule has 33 heavy (non-hydrogen) atoms. The van der Waals surface area contributed by atoms with Gasteiger partial charge in [0.25, 0.3) is 0 Å². The highest BCUT2D eigenvalue weighted by molar-refractivity contribution is 7.12. The van der Waals surface area contributed by atoms with Gasteiger partial charge in [-0.3, -0.25) is 14.2 Å². The fraction of sp³-hybridized carbons (Fsp3) is 0.174.